The lowest BCUT2D eigenvalue weighted by molar-refractivity contribution is 0.191. The maximum Gasteiger partial charge on any atom is 0.213 e. The van der Waals surface area contributed by atoms with Crippen molar-refractivity contribution >= 4 is 0 Å². The predicted molar refractivity (Wildman–Crippen MR) is 77.0 cm³/mol. The lowest BCUT2D eigenvalue weighted by atomic mass is 9.90. The molecule has 102 valence electrons. The number of aryl methyl sites for hydroxylation is 1. The maximum atomic E-state index is 5.73. The van der Waals surface area contributed by atoms with E-state index in [2.05, 4.69) is 52.6 Å². The Morgan fingerprint density at radius 2 is 1.67 bits per heavy atom. The molecule has 0 spiro atoms. The number of aromatic nitrogens is 1. The third kappa shape index (κ3) is 6.63. The Balaban J connectivity index is 2.57. The fraction of sp³-hybridized carbons (Fsp3) is 0.688. The summed E-state index contributed by atoms with van der Waals surface area (Å²) in [7, 11) is 0. The van der Waals surface area contributed by atoms with Crippen molar-refractivity contribution in [3.63, 3.8) is 0 Å². The molecule has 0 N–H and O–H groups in total. The molecule has 1 rings (SSSR count). The zero-order valence-corrected chi connectivity index (χ0v) is 12.7. The second-order valence-corrected chi connectivity index (χ2v) is 7.38. The van der Waals surface area contributed by atoms with Gasteiger partial charge in [0.25, 0.3) is 0 Å². The first-order chi connectivity index (χ1) is 8.16. The van der Waals surface area contributed by atoms with E-state index in [0.29, 0.717) is 12.0 Å². The molecule has 0 aromatic carbocycles. The summed E-state index contributed by atoms with van der Waals surface area (Å²) in [5, 5.41) is 0. The molecule has 0 saturated carbocycles. The van der Waals surface area contributed by atoms with Gasteiger partial charge in [0, 0.05) is 11.8 Å². The summed E-state index contributed by atoms with van der Waals surface area (Å²) in [5.74, 6) is 0.747. The first kappa shape index (κ1) is 15.0. The van der Waals surface area contributed by atoms with Crippen molar-refractivity contribution < 1.29 is 4.74 Å². The predicted octanol–water partition coefficient (Wildman–Crippen LogP) is 4.49. The summed E-state index contributed by atoms with van der Waals surface area (Å²) in [5.41, 5.74) is 1.64. The Labute approximate surface area is 112 Å². The Hall–Kier alpha value is -1.05. The highest BCUT2D eigenvalue weighted by atomic mass is 16.5. The first-order valence-corrected chi connectivity index (χ1v) is 6.74. The molecule has 1 heterocycles. The highest BCUT2D eigenvalue weighted by Crippen LogP contribution is 2.22. The largest absolute Gasteiger partial charge is 0.477 e. The van der Waals surface area contributed by atoms with E-state index in [0.717, 1.165) is 24.4 Å². The molecule has 0 atom stereocenters. The van der Waals surface area contributed by atoms with Crippen molar-refractivity contribution in [3.8, 4) is 5.88 Å². The molecule has 0 bridgehead atoms. The quantitative estimate of drug-likeness (QED) is 0.784. The molecule has 18 heavy (non-hydrogen) atoms. The molecule has 0 unspecified atom stereocenters. The number of hydrogen-bond donors (Lipinski definition) is 0. The Bertz CT molecular complexity index is 338. The van der Waals surface area contributed by atoms with Crippen LogP contribution in [0.2, 0.25) is 0 Å². The minimum atomic E-state index is 0.170. The molecule has 0 aliphatic carbocycles. The Morgan fingerprint density at radius 3 is 2.22 bits per heavy atom. The molecule has 1 aromatic heterocycles. The van der Waals surface area contributed by atoms with E-state index >= 15 is 0 Å². The minimum Gasteiger partial charge on any atom is -0.477 e. The van der Waals surface area contributed by atoms with Gasteiger partial charge < -0.3 is 4.74 Å². The number of hydrogen-bond acceptors (Lipinski definition) is 2. The molecule has 0 aliphatic heterocycles. The number of pyridine rings is 1. The molecule has 0 amide bonds. The minimum absolute atomic E-state index is 0.170. The van der Waals surface area contributed by atoms with Crippen molar-refractivity contribution in [1.82, 2.24) is 4.98 Å². The third-order valence-corrected chi connectivity index (χ3v) is 2.57. The van der Waals surface area contributed by atoms with Crippen molar-refractivity contribution in [2.24, 2.45) is 10.8 Å². The van der Waals surface area contributed by atoms with Gasteiger partial charge in [-0.3, -0.25) is 0 Å². The van der Waals surface area contributed by atoms with Crippen LogP contribution in [0, 0.1) is 10.8 Å². The van der Waals surface area contributed by atoms with Gasteiger partial charge in [0.15, 0.2) is 0 Å². The summed E-state index contributed by atoms with van der Waals surface area (Å²) in [6.45, 7) is 14.0. The van der Waals surface area contributed by atoms with Gasteiger partial charge in [-0.05, 0) is 29.7 Å². The SMILES string of the molecule is CC(C)(C)CCc1cccc(OCC(C)(C)C)n1. The summed E-state index contributed by atoms with van der Waals surface area (Å²) >= 11 is 0. The molecule has 2 nitrogen and oxygen atoms in total. The van der Waals surface area contributed by atoms with Crippen LogP contribution in [0.3, 0.4) is 0 Å². The number of rotatable bonds is 4. The van der Waals surface area contributed by atoms with Crippen molar-refractivity contribution in [2.45, 2.75) is 54.4 Å². The van der Waals surface area contributed by atoms with Crippen LogP contribution in [-0.4, -0.2) is 11.6 Å². The molecule has 0 aliphatic rings. The molecular weight excluding hydrogens is 222 g/mol. The normalized spacial score (nSPS) is 12.6. The van der Waals surface area contributed by atoms with Gasteiger partial charge in [-0.2, -0.15) is 0 Å². The van der Waals surface area contributed by atoms with Crippen LogP contribution in [0.4, 0.5) is 0 Å². The van der Waals surface area contributed by atoms with Gasteiger partial charge in [-0.15, -0.1) is 0 Å². The molecular formula is C16H27NO. The van der Waals surface area contributed by atoms with Gasteiger partial charge in [-0.25, -0.2) is 4.98 Å². The third-order valence-electron chi connectivity index (χ3n) is 2.57. The Morgan fingerprint density at radius 1 is 1.00 bits per heavy atom. The summed E-state index contributed by atoms with van der Waals surface area (Å²) in [4.78, 5) is 4.56. The topological polar surface area (TPSA) is 22.1 Å². The van der Waals surface area contributed by atoms with E-state index in [1.165, 1.54) is 0 Å². The summed E-state index contributed by atoms with van der Waals surface area (Å²) < 4.78 is 5.73. The molecule has 0 fully saturated rings. The van der Waals surface area contributed by atoms with Gasteiger partial charge in [-0.1, -0.05) is 47.6 Å². The summed E-state index contributed by atoms with van der Waals surface area (Å²) in [6, 6.07) is 6.05. The van der Waals surface area contributed by atoms with E-state index in [1.54, 1.807) is 0 Å². The van der Waals surface area contributed by atoms with E-state index in [9.17, 15) is 0 Å². The van der Waals surface area contributed by atoms with E-state index in [-0.39, 0.29) is 5.41 Å². The van der Waals surface area contributed by atoms with Crippen molar-refractivity contribution in [2.75, 3.05) is 6.61 Å². The van der Waals surface area contributed by atoms with Gasteiger partial charge in [0.1, 0.15) is 0 Å². The van der Waals surface area contributed by atoms with Crippen LogP contribution in [-0.2, 0) is 6.42 Å². The molecule has 0 saturated heterocycles. The van der Waals surface area contributed by atoms with E-state index < -0.39 is 0 Å². The van der Waals surface area contributed by atoms with Crippen molar-refractivity contribution in [3.05, 3.63) is 23.9 Å². The van der Waals surface area contributed by atoms with Crippen molar-refractivity contribution in [1.29, 1.82) is 0 Å². The monoisotopic (exact) mass is 249 g/mol. The standard InChI is InChI=1S/C16H27NO/c1-15(2,3)11-10-13-8-7-9-14(17-13)18-12-16(4,5)6/h7-9H,10-12H2,1-6H3. The van der Waals surface area contributed by atoms with Crippen LogP contribution >= 0.6 is 0 Å². The van der Waals surface area contributed by atoms with Crippen LogP contribution in [0.5, 0.6) is 5.88 Å². The van der Waals surface area contributed by atoms with Crippen LogP contribution in [0.25, 0.3) is 0 Å². The van der Waals surface area contributed by atoms with E-state index in [4.69, 9.17) is 4.74 Å². The van der Waals surface area contributed by atoms with Gasteiger partial charge in [0.2, 0.25) is 5.88 Å². The lowest BCUT2D eigenvalue weighted by Gasteiger charge is -2.19. The maximum absolute atomic E-state index is 5.73. The molecule has 0 radical (unpaired) electrons. The zero-order valence-electron chi connectivity index (χ0n) is 12.7. The highest BCUT2D eigenvalue weighted by Gasteiger charge is 2.13. The number of nitrogens with zero attached hydrogens (tertiary/aromatic N) is 1. The highest BCUT2D eigenvalue weighted by molar-refractivity contribution is 5.16. The molecule has 2 heteroatoms. The summed E-state index contributed by atoms with van der Waals surface area (Å²) in [6.07, 6.45) is 2.15. The average Bonchev–Trinajstić information content (AvgIpc) is 2.22. The zero-order chi connectivity index (χ0) is 13.8. The fourth-order valence-corrected chi connectivity index (χ4v) is 1.47. The molecule has 1 aromatic rings. The fourth-order valence-electron chi connectivity index (χ4n) is 1.47. The smallest absolute Gasteiger partial charge is 0.213 e. The van der Waals surface area contributed by atoms with Crippen LogP contribution < -0.4 is 4.74 Å². The second kappa shape index (κ2) is 5.73. The lowest BCUT2D eigenvalue weighted by Crippen LogP contribution is -2.17. The second-order valence-electron chi connectivity index (χ2n) is 7.38. The average molecular weight is 249 g/mol. The van der Waals surface area contributed by atoms with Gasteiger partial charge in [0.05, 0.1) is 6.61 Å². The van der Waals surface area contributed by atoms with Crippen LogP contribution in [0.1, 0.15) is 53.7 Å². The van der Waals surface area contributed by atoms with Gasteiger partial charge >= 0.3 is 0 Å². The van der Waals surface area contributed by atoms with Crippen LogP contribution in [0.15, 0.2) is 18.2 Å². The van der Waals surface area contributed by atoms with E-state index in [1.807, 2.05) is 12.1 Å². The first-order valence-electron chi connectivity index (χ1n) is 6.74. The number of ether oxygens (including phenoxy) is 1. The Kier molecular flexibility index (Phi) is 4.78.